The lowest BCUT2D eigenvalue weighted by Gasteiger charge is -2.12. The summed E-state index contributed by atoms with van der Waals surface area (Å²) in [6.07, 6.45) is 0. The molecule has 5 heteroatoms. The van der Waals surface area contributed by atoms with Gasteiger partial charge in [-0.25, -0.2) is 9.97 Å². The van der Waals surface area contributed by atoms with Crippen molar-refractivity contribution in [1.29, 1.82) is 0 Å². The van der Waals surface area contributed by atoms with Crippen molar-refractivity contribution in [3.05, 3.63) is 170 Å². The maximum absolute atomic E-state index is 6.56. The minimum absolute atomic E-state index is 0.691. The largest absolute Gasteiger partial charge is 0.455 e. The van der Waals surface area contributed by atoms with Crippen molar-refractivity contribution in [3.63, 3.8) is 0 Å². The standard InChI is InChI=1S/C46H28N4O/c1-3-13-29(14-4-1)37-28-43(48-46(47-37)30-15-5-2-6-16-30)50-38-20-10-7-17-32(38)36-27-31(23-25-40(36)50)49-39-21-11-8-19-35(39)44-41(49)26-24-34-33-18-9-12-22-42(33)51-45(34)44/h1-28H. The highest BCUT2D eigenvalue weighted by molar-refractivity contribution is 6.24. The lowest BCUT2D eigenvalue weighted by molar-refractivity contribution is 0.673. The van der Waals surface area contributed by atoms with Crippen LogP contribution in [0.5, 0.6) is 0 Å². The van der Waals surface area contributed by atoms with E-state index in [1.54, 1.807) is 0 Å². The van der Waals surface area contributed by atoms with Gasteiger partial charge in [-0.3, -0.25) is 4.57 Å². The Bertz CT molecular complexity index is 3080. The van der Waals surface area contributed by atoms with Crippen LogP contribution in [0.25, 0.3) is 99.7 Å². The molecule has 11 aromatic rings. The molecule has 0 saturated heterocycles. The van der Waals surface area contributed by atoms with Gasteiger partial charge < -0.3 is 8.98 Å². The topological polar surface area (TPSA) is 48.8 Å². The summed E-state index contributed by atoms with van der Waals surface area (Å²) in [5.74, 6) is 1.52. The Labute approximate surface area is 292 Å². The first-order chi connectivity index (χ1) is 25.3. The molecule has 0 bridgehead atoms. The highest BCUT2D eigenvalue weighted by atomic mass is 16.3. The van der Waals surface area contributed by atoms with Crippen LogP contribution in [0.1, 0.15) is 0 Å². The normalized spacial score (nSPS) is 11.9. The van der Waals surface area contributed by atoms with Gasteiger partial charge in [-0.05, 0) is 48.5 Å². The molecule has 0 amide bonds. The second-order valence-corrected chi connectivity index (χ2v) is 13.0. The molecule has 0 spiro atoms. The Balaban J connectivity index is 1.18. The van der Waals surface area contributed by atoms with Gasteiger partial charge in [0.2, 0.25) is 0 Å². The maximum atomic E-state index is 6.56. The zero-order valence-corrected chi connectivity index (χ0v) is 27.4. The molecule has 0 fully saturated rings. The van der Waals surface area contributed by atoms with Crippen LogP contribution in [-0.2, 0) is 0 Å². The Morgan fingerprint density at radius 1 is 0.412 bits per heavy atom. The molecule has 0 radical (unpaired) electrons. The first kappa shape index (κ1) is 27.9. The number of rotatable bonds is 4. The summed E-state index contributed by atoms with van der Waals surface area (Å²) in [5.41, 5.74) is 10.2. The highest BCUT2D eigenvalue weighted by Gasteiger charge is 2.21. The van der Waals surface area contributed by atoms with Gasteiger partial charge in [0.1, 0.15) is 17.0 Å². The predicted octanol–water partition coefficient (Wildman–Crippen LogP) is 11.9. The van der Waals surface area contributed by atoms with Gasteiger partial charge in [0, 0.05) is 49.8 Å². The fourth-order valence-electron chi connectivity index (χ4n) is 7.88. The van der Waals surface area contributed by atoms with E-state index in [0.717, 1.165) is 88.5 Å². The third kappa shape index (κ3) is 4.15. The Kier molecular flexibility index (Phi) is 5.89. The second-order valence-electron chi connectivity index (χ2n) is 13.0. The average Bonchev–Trinajstić information content (AvgIpc) is 3.86. The maximum Gasteiger partial charge on any atom is 0.162 e. The van der Waals surface area contributed by atoms with Crippen molar-refractivity contribution < 1.29 is 4.42 Å². The number of benzene rings is 7. The summed E-state index contributed by atoms with van der Waals surface area (Å²) in [4.78, 5) is 10.3. The van der Waals surface area contributed by atoms with Crippen LogP contribution in [-0.4, -0.2) is 19.1 Å². The SMILES string of the molecule is c1ccc(-c2cc(-n3c4ccccc4c4cc(-n5c6ccccc6c6c7oc8ccccc8c7ccc65)ccc43)nc(-c3ccccc3)n2)cc1. The van der Waals surface area contributed by atoms with E-state index in [-0.39, 0.29) is 0 Å². The quantitative estimate of drug-likeness (QED) is 0.190. The van der Waals surface area contributed by atoms with E-state index in [4.69, 9.17) is 14.4 Å². The molecule has 4 aromatic heterocycles. The number of nitrogens with zero attached hydrogens (tertiary/aromatic N) is 4. The summed E-state index contributed by atoms with van der Waals surface area (Å²) in [5, 5.41) is 6.88. The van der Waals surface area contributed by atoms with Crippen molar-refractivity contribution in [2.24, 2.45) is 0 Å². The molecule has 5 nitrogen and oxygen atoms in total. The number of fused-ring (bicyclic) bond motifs is 10. The van der Waals surface area contributed by atoms with Gasteiger partial charge in [0.05, 0.1) is 33.1 Å². The van der Waals surface area contributed by atoms with Crippen LogP contribution >= 0.6 is 0 Å². The van der Waals surface area contributed by atoms with Crippen LogP contribution in [0, 0.1) is 0 Å². The average molecular weight is 653 g/mol. The summed E-state index contributed by atoms with van der Waals surface area (Å²) >= 11 is 0. The molecule has 0 atom stereocenters. The molecule has 0 aliphatic carbocycles. The number of hydrogen-bond donors (Lipinski definition) is 0. The van der Waals surface area contributed by atoms with E-state index in [2.05, 4.69) is 143 Å². The minimum atomic E-state index is 0.691. The fourth-order valence-corrected chi connectivity index (χ4v) is 7.88. The molecule has 11 rings (SSSR count). The third-order valence-corrected chi connectivity index (χ3v) is 10.1. The third-order valence-electron chi connectivity index (χ3n) is 10.1. The van der Waals surface area contributed by atoms with Gasteiger partial charge in [0.25, 0.3) is 0 Å². The molecule has 0 aliphatic heterocycles. The number of para-hydroxylation sites is 3. The van der Waals surface area contributed by atoms with Crippen molar-refractivity contribution in [2.45, 2.75) is 0 Å². The Morgan fingerprint density at radius 2 is 1.04 bits per heavy atom. The van der Waals surface area contributed by atoms with Gasteiger partial charge in [-0.2, -0.15) is 0 Å². The van der Waals surface area contributed by atoms with E-state index in [0.29, 0.717) is 5.82 Å². The number of aromatic nitrogens is 4. The second kappa shape index (κ2) is 10.8. The molecule has 7 aromatic carbocycles. The van der Waals surface area contributed by atoms with Crippen molar-refractivity contribution in [2.75, 3.05) is 0 Å². The van der Waals surface area contributed by atoms with Crippen LogP contribution in [0.15, 0.2) is 174 Å². The van der Waals surface area contributed by atoms with Gasteiger partial charge in [-0.15, -0.1) is 0 Å². The van der Waals surface area contributed by atoms with Crippen molar-refractivity contribution >= 4 is 65.6 Å². The van der Waals surface area contributed by atoms with Gasteiger partial charge >= 0.3 is 0 Å². The molecule has 0 aliphatic rings. The molecule has 0 saturated carbocycles. The molecule has 0 N–H and O–H groups in total. The first-order valence-electron chi connectivity index (χ1n) is 17.2. The lowest BCUT2D eigenvalue weighted by Crippen LogP contribution is -2.02. The highest BCUT2D eigenvalue weighted by Crippen LogP contribution is 2.42. The van der Waals surface area contributed by atoms with Crippen molar-refractivity contribution in [1.82, 2.24) is 19.1 Å². The van der Waals surface area contributed by atoms with E-state index >= 15 is 0 Å². The molecular formula is C46H28N4O. The van der Waals surface area contributed by atoms with E-state index < -0.39 is 0 Å². The summed E-state index contributed by atoms with van der Waals surface area (Å²) in [7, 11) is 0. The van der Waals surface area contributed by atoms with Gasteiger partial charge in [-0.1, -0.05) is 115 Å². The molecule has 0 unspecified atom stereocenters. The lowest BCUT2D eigenvalue weighted by atomic mass is 10.1. The predicted molar refractivity (Wildman–Crippen MR) is 209 cm³/mol. The minimum Gasteiger partial charge on any atom is -0.455 e. The smallest absolute Gasteiger partial charge is 0.162 e. The van der Waals surface area contributed by atoms with Crippen molar-refractivity contribution in [3.8, 4) is 34.2 Å². The monoisotopic (exact) mass is 652 g/mol. The van der Waals surface area contributed by atoms with E-state index in [1.165, 1.54) is 5.39 Å². The number of hydrogen-bond acceptors (Lipinski definition) is 3. The number of furan rings is 1. The molecule has 51 heavy (non-hydrogen) atoms. The zero-order valence-electron chi connectivity index (χ0n) is 27.4. The molecule has 238 valence electrons. The summed E-state index contributed by atoms with van der Waals surface area (Å²) in [6, 6.07) is 59.4. The van der Waals surface area contributed by atoms with Crippen LogP contribution < -0.4 is 0 Å². The van der Waals surface area contributed by atoms with E-state index in [9.17, 15) is 0 Å². The first-order valence-corrected chi connectivity index (χ1v) is 17.2. The zero-order chi connectivity index (χ0) is 33.5. The van der Waals surface area contributed by atoms with Crippen LogP contribution in [0.4, 0.5) is 0 Å². The van der Waals surface area contributed by atoms with Gasteiger partial charge in [0.15, 0.2) is 5.82 Å². The molecular weight excluding hydrogens is 625 g/mol. The van der Waals surface area contributed by atoms with E-state index in [1.807, 2.05) is 36.4 Å². The Hall–Kier alpha value is -6.98. The Morgan fingerprint density at radius 3 is 1.84 bits per heavy atom. The molecule has 4 heterocycles. The summed E-state index contributed by atoms with van der Waals surface area (Å²) < 4.78 is 11.2. The van der Waals surface area contributed by atoms with Crippen LogP contribution in [0.3, 0.4) is 0 Å². The fraction of sp³-hybridized carbons (Fsp3) is 0. The van der Waals surface area contributed by atoms with Crippen LogP contribution in [0.2, 0.25) is 0 Å². The summed E-state index contributed by atoms with van der Waals surface area (Å²) in [6.45, 7) is 0.